The van der Waals surface area contributed by atoms with Crippen LogP contribution in [0, 0.1) is 17.8 Å². The average molecular weight is 325 g/mol. The van der Waals surface area contributed by atoms with Crippen LogP contribution in [0.4, 0.5) is 0 Å². The van der Waals surface area contributed by atoms with Gasteiger partial charge in [0, 0.05) is 11.8 Å². The van der Waals surface area contributed by atoms with E-state index >= 15 is 0 Å². The lowest BCUT2D eigenvalue weighted by atomic mass is 9.66. The zero-order chi connectivity index (χ0) is 16.8. The van der Waals surface area contributed by atoms with Crippen LogP contribution >= 0.6 is 0 Å². The summed E-state index contributed by atoms with van der Waals surface area (Å²) in [7, 11) is 0. The molecular formula is C23H19NO. The Balaban J connectivity index is 1.82. The van der Waals surface area contributed by atoms with Crippen molar-refractivity contribution in [1.29, 1.82) is 0 Å². The van der Waals surface area contributed by atoms with Gasteiger partial charge in [-0.3, -0.25) is 4.79 Å². The quantitative estimate of drug-likeness (QED) is 0.885. The molecule has 2 aromatic carbocycles. The molecule has 0 aromatic heterocycles. The highest BCUT2D eigenvalue weighted by Gasteiger charge is 2.52. The number of carbonyl (C=O) groups excluding carboxylic acids is 1. The maximum absolute atomic E-state index is 12.8. The van der Waals surface area contributed by atoms with Gasteiger partial charge in [0.05, 0.1) is 12.0 Å². The molecule has 2 aliphatic carbocycles. The first-order valence-corrected chi connectivity index (χ1v) is 8.85. The molecule has 5 rings (SSSR count). The minimum atomic E-state index is -0.0114. The molecule has 4 atom stereocenters. The molecule has 0 saturated carbocycles. The van der Waals surface area contributed by atoms with E-state index in [1.54, 1.807) is 0 Å². The first-order chi connectivity index (χ1) is 12.3. The van der Waals surface area contributed by atoms with Crippen molar-refractivity contribution in [3.05, 3.63) is 96.1 Å². The first-order valence-electron chi connectivity index (χ1n) is 8.85. The Hall–Kier alpha value is -2.87. The van der Waals surface area contributed by atoms with Crippen molar-refractivity contribution in [2.75, 3.05) is 0 Å². The van der Waals surface area contributed by atoms with Gasteiger partial charge in [0.25, 0.3) is 0 Å². The van der Waals surface area contributed by atoms with Crippen LogP contribution in [0.5, 0.6) is 0 Å². The number of benzene rings is 2. The molecule has 3 aliphatic rings. The van der Waals surface area contributed by atoms with Crippen molar-refractivity contribution in [2.45, 2.75) is 6.04 Å². The van der Waals surface area contributed by atoms with Crippen molar-refractivity contribution >= 4 is 17.1 Å². The highest BCUT2D eigenvalue weighted by molar-refractivity contribution is 6.03. The van der Waals surface area contributed by atoms with E-state index in [1.807, 2.05) is 12.1 Å². The van der Waals surface area contributed by atoms with Gasteiger partial charge in [0.15, 0.2) is 0 Å². The zero-order valence-corrected chi connectivity index (χ0v) is 13.8. The molecule has 0 spiro atoms. The first kappa shape index (κ1) is 14.5. The van der Waals surface area contributed by atoms with Crippen LogP contribution in [0.25, 0.3) is 11.1 Å². The molecule has 0 radical (unpaired) electrons. The van der Waals surface area contributed by atoms with E-state index < -0.39 is 0 Å². The summed E-state index contributed by atoms with van der Waals surface area (Å²) < 4.78 is 0. The lowest BCUT2D eigenvalue weighted by Gasteiger charge is -2.35. The number of amides is 1. The summed E-state index contributed by atoms with van der Waals surface area (Å²) in [6, 6.07) is 21.1. The maximum atomic E-state index is 12.8. The normalized spacial score (nSPS) is 29.5. The van der Waals surface area contributed by atoms with Crippen LogP contribution in [-0.4, -0.2) is 11.9 Å². The lowest BCUT2D eigenvalue weighted by Crippen LogP contribution is -2.33. The van der Waals surface area contributed by atoms with E-state index in [9.17, 15) is 4.79 Å². The summed E-state index contributed by atoms with van der Waals surface area (Å²) in [5, 5.41) is 3.28. The molecule has 2 heteroatoms. The van der Waals surface area contributed by atoms with Gasteiger partial charge < -0.3 is 5.32 Å². The number of hydrogen-bond acceptors (Lipinski definition) is 1. The standard InChI is InChI=1S/C23H19NO/c25-23-21-17-13-7-8-14-18(21)22(24-23)20(16-11-5-2-6-12-16)19(17)15-9-3-1-4-10-15/h1-14,17-18,21-22H,(H,24,25)/t17-,18+,21-,22-/m0/s1. The summed E-state index contributed by atoms with van der Waals surface area (Å²) in [4.78, 5) is 12.8. The topological polar surface area (TPSA) is 29.1 Å². The number of carbonyl (C=O) groups is 1. The van der Waals surface area contributed by atoms with Crippen molar-refractivity contribution < 1.29 is 4.79 Å². The molecule has 1 heterocycles. The van der Waals surface area contributed by atoms with Gasteiger partial charge in [-0.15, -0.1) is 0 Å². The number of rotatable bonds is 2. The predicted molar refractivity (Wildman–Crippen MR) is 100 cm³/mol. The molecule has 1 N–H and O–H groups in total. The Kier molecular flexibility index (Phi) is 3.24. The van der Waals surface area contributed by atoms with Crippen molar-refractivity contribution in [3.63, 3.8) is 0 Å². The van der Waals surface area contributed by atoms with Crippen LogP contribution in [0.15, 0.2) is 85.0 Å². The molecule has 4 bridgehead atoms. The van der Waals surface area contributed by atoms with Crippen LogP contribution in [0.2, 0.25) is 0 Å². The third-order valence-corrected chi connectivity index (χ3v) is 5.65. The Morgan fingerprint density at radius 2 is 1.32 bits per heavy atom. The summed E-state index contributed by atoms with van der Waals surface area (Å²) in [6.45, 7) is 0. The zero-order valence-electron chi connectivity index (χ0n) is 13.8. The van der Waals surface area contributed by atoms with Crippen LogP contribution < -0.4 is 5.32 Å². The third kappa shape index (κ3) is 2.14. The van der Waals surface area contributed by atoms with E-state index in [0.717, 1.165) is 0 Å². The van der Waals surface area contributed by atoms with Gasteiger partial charge in [0.2, 0.25) is 5.91 Å². The van der Waals surface area contributed by atoms with Crippen LogP contribution in [-0.2, 0) is 4.79 Å². The van der Waals surface area contributed by atoms with Gasteiger partial charge in [-0.2, -0.15) is 0 Å². The maximum Gasteiger partial charge on any atom is 0.225 e. The second kappa shape index (κ2) is 5.59. The van der Waals surface area contributed by atoms with Crippen molar-refractivity contribution in [3.8, 4) is 0 Å². The van der Waals surface area contributed by atoms with Gasteiger partial charge in [0.1, 0.15) is 0 Å². The molecular weight excluding hydrogens is 306 g/mol. The fourth-order valence-corrected chi connectivity index (χ4v) is 4.66. The average Bonchev–Trinajstić information content (AvgIpc) is 2.80. The molecule has 2 nitrogen and oxygen atoms in total. The molecule has 25 heavy (non-hydrogen) atoms. The summed E-state index contributed by atoms with van der Waals surface area (Å²) in [5.41, 5.74) is 4.96. The second-order valence-corrected chi connectivity index (χ2v) is 6.94. The lowest BCUT2D eigenvalue weighted by molar-refractivity contribution is -0.123. The summed E-state index contributed by atoms with van der Waals surface area (Å²) >= 11 is 0. The highest BCUT2D eigenvalue weighted by atomic mass is 16.2. The van der Waals surface area contributed by atoms with Crippen LogP contribution in [0.3, 0.4) is 0 Å². The molecule has 122 valence electrons. The third-order valence-electron chi connectivity index (χ3n) is 5.65. The van der Waals surface area contributed by atoms with E-state index in [-0.39, 0.29) is 29.7 Å². The largest absolute Gasteiger partial charge is 0.348 e. The summed E-state index contributed by atoms with van der Waals surface area (Å²) in [6.07, 6.45) is 8.60. The minimum absolute atomic E-state index is 0.0114. The van der Waals surface area contributed by atoms with E-state index in [0.29, 0.717) is 0 Å². The number of nitrogens with one attached hydrogen (secondary N) is 1. The molecule has 2 aromatic rings. The van der Waals surface area contributed by atoms with Gasteiger partial charge in [-0.05, 0) is 22.3 Å². The van der Waals surface area contributed by atoms with Crippen LogP contribution in [0.1, 0.15) is 11.1 Å². The highest BCUT2D eigenvalue weighted by Crippen LogP contribution is 2.52. The predicted octanol–water partition coefficient (Wildman–Crippen LogP) is 4.08. The number of hydrogen-bond donors (Lipinski definition) is 1. The monoisotopic (exact) mass is 325 g/mol. The SMILES string of the molecule is O=C1N[C@@H]2C(c3ccccc3)=C(c3ccccc3)[C@@H]3C=CC=C[C@@H]2[C@@H]13. The molecule has 1 fully saturated rings. The second-order valence-electron chi connectivity index (χ2n) is 6.94. The van der Waals surface area contributed by atoms with Crippen molar-refractivity contribution in [1.82, 2.24) is 5.32 Å². The number of allylic oxidation sites excluding steroid dienone is 4. The fourth-order valence-electron chi connectivity index (χ4n) is 4.66. The molecule has 0 unspecified atom stereocenters. The molecule has 1 amide bonds. The molecule has 1 aliphatic heterocycles. The van der Waals surface area contributed by atoms with E-state index in [1.165, 1.54) is 22.3 Å². The minimum Gasteiger partial charge on any atom is -0.348 e. The van der Waals surface area contributed by atoms with E-state index in [4.69, 9.17) is 0 Å². The van der Waals surface area contributed by atoms with Gasteiger partial charge in [-0.1, -0.05) is 85.0 Å². The Morgan fingerprint density at radius 3 is 2.00 bits per heavy atom. The Morgan fingerprint density at radius 1 is 0.720 bits per heavy atom. The fraction of sp³-hybridized carbons (Fsp3) is 0.174. The molecule has 1 saturated heterocycles. The smallest absolute Gasteiger partial charge is 0.225 e. The van der Waals surface area contributed by atoms with E-state index in [2.05, 4.69) is 78.2 Å². The summed E-state index contributed by atoms with van der Waals surface area (Å²) in [5.74, 6) is 0.491. The Bertz CT molecular complexity index is 908. The van der Waals surface area contributed by atoms with Gasteiger partial charge >= 0.3 is 0 Å². The van der Waals surface area contributed by atoms with Crippen molar-refractivity contribution in [2.24, 2.45) is 17.8 Å². The Labute approximate surface area is 147 Å². The van der Waals surface area contributed by atoms with Gasteiger partial charge in [-0.25, -0.2) is 0 Å².